The topological polar surface area (TPSA) is 68.5 Å². The number of ether oxygens (including phenoxy) is 2. The van der Waals surface area contributed by atoms with Crippen molar-refractivity contribution in [2.75, 3.05) is 38.8 Å². The Hall–Kier alpha value is -3.65. The van der Waals surface area contributed by atoms with Gasteiger partial charge in [-0.1, -0.05) is 6.42 Å². The number of nitrogens with zero attached hydrogens (tertiary/aromatic N) is 6. The summed E-state index contributed by atoms with van der Waals surface area (Å²) >= 11 is 0. The summed E-state index contributed by atoms with van der Waals surface area (Å²) in [5, 5.41) is 4.28. The van der Waals surface area contributed by atoms with E-state index >= 15 is 0 Å². The number of likely N-dealkylation sites (tertiary alicyclic amines) is 1. The molecule has 194 valence electrons. The van der Waals surface area contributed by atoms with Gasteiger partial charge in [-0.25, -0.2) is 4.98 Å². The van der Waals surface area contributed by atoms with Crippen LogP contribution >= 0.6 is 0 Å². The van der Waals surface area contributed by atoms with E-state index in [9.17, 15) is 0 Å². The van der Waals surface area contributed by atoms with E-state index in [2.05, 4.69) is 51.1 Å². The lowest BCUT2D eigenvalue weighted by Gasteiger charge is -2.34. The minimum atomic E-state index is 0.654. The average Bonchev–Trinajstić information content (AvgIpc) is 3.37. The Morgan fingerprint density at radius 1 is 0.973 bits per heavy atom. The van der Waals surface area contributed by atoms with E-state index in [1.54, 1.807) is 18.9 Å². The molecule has 37 heavy (non-hydrogen) atoms. The predicted molar refractivity (Wildman–Crippen MR) is 148 cm³/mol. The first kappa shape index (κ1) is 25.0. The van der Waals surface area contributed by atoms with Crippen molar-refractivity contribution in [3.05, 3.63) is 55.0 Å². The summed E-state index contributed by atoms with van der Waals surface area (Å²) in [5.41, 5.74) is 5.56. The number of hydrogen-bond donors (Lipinski definition) is 0. The Bertz CT molecular complexity index is 1330. The van der Waals surface area contributed by atoms with Crippen molar-refractivity contribution in [3.8, 4) is 22.8 Å². The average molecular weight is 501 g/mol. The van der Waals surface area contributed by atoms with Crippen LogP contribution in [0.2, 0.25) is 0 Å². The van der Waals surface area contributed by atoms with E-state index in [1.807, 2.05) is 37.8 Å². The van der Waals surface area contributed by atoms with Crippen LogP contribution in [0.15, 0.2) is 55.0 Å². The van der Waals surface area contributed by atoms with Crippen molar-refractivity contribution in [2.45, 2.75) is 38.6 Å². The van der Waals surface area contributed by atoms with Crippen LogP contribution in [-0.4, -0.2) is 64.5 Å². The summed E-state index contributed by atoms with van der Waals surface area (Å²) < 4.78 is 13.0. The molecule has 1 fully saturated rings. The molecule has 0 N–H and O–H groups in total. The highest BCUT2D eigenvalue weighted by atomic mass is 16.5. The third-order valence-electron chi connectivity index (χ3n) is 7.25. The third-order valence-corrected chi connectivity index (χ3v) is 7.25. The normalized spacial score (nSPS) is 16.2. The van der Waals surface area contributed by atoms with Crippen molar-refractivity contribution in [1.82, 2.24) is 24.6 Å². The second-order valence-corrected chi connectivity index (χ2v) is 9.79. The molecule has 4 aromatic rings. The van der Waals surface area contributed by atoms with Crippen molar-refractivity contribution in [2.24, 2.45) is 7.05 Å². The molecule has 1 aliphatic rings. The number of aryl methyl sites for hydroxylation is 1. The lowest BCUT2D eigenvalue weighted by atomic mass is 10.0. The first-order valence-corrected chi connectivity index (χ1v) is 13.0. The van der Waals surface area contributed by atoms with Gasteiger partial charge in [-0.3, -0.25) is 9.67 Å². The molecule has 1 atom stereocenters. The summed E-state index contributed by atoms with van der Waals surface area (Å²) in [6.45, 7) is 5.49. The molecule has 0 aliphatic carbocycles. The van der Waals surface area contributed by atoms with Gasteiger partial charge in [-0.2, -0.15) is 5.10 Å². The molecule has 2 aromatic heterocycles. The summed E-state index contributed by atoms with van der Waals surface area (Å²) in [6, 6.07) is 13.0. The number of aromatic nitrogens is 4. The molecular formula is C29H36N6O2. The molecule has 8 nitrogen and oxygen atoms in total. The number of methoxy groups -OCH3 is 2. The summed E-state index contributed by atoms with van der Waals surface area (Å²) in [6.07, 6.45) is 10.6. The zero-order chi connectivity index (χ0) is 25.8. The Kier molecular flexibility index (Phi) is 7.55. The molecule has 0 saturated carbocycles. The van der Waals surface area contributed by atoms with Crippen LogP contribution in [0.25, 0.3) is 22.3 Å². The molecule has 1 unspecified atom stereocenters. The van der Waals surface area contributed by atoms with E-state index in [4.69, 9.17) is 14.5 Å². The largest absolute Gasteiger partial charge is 0.497 e. The van der Waals surface area contributed by atoms with Crippen LogP contribution < -0.4 is 14.4 Å². The molecular weight excluding hydrogens is 464 g/mol. The first-order valence-electron chi connectivity index (χ1n) is 13.0. The van der Waals surface area contributed by atoms with Crippen LogP contribution in [0.3, 0.4) is 0 Å². The number of rotatable bonds is 9. The number of fused-ring (bicyclic) bond motifs is 1. The van der Waals surface area contributed by atoms with Crippen LogP contribution in [-0.2, 0) is 7.05 Å². The maximum Gasteiger partial charge on any atom is 0.124 e. The standard InChI is InChI=1S/C29H36N6O2/c1-21-8-5-6-11-34(21)12-7-13-35(24-14-25(36-3)17-26(15-24)37-4)23-9-10-27-28(16-23)32-29(19-30-27)22-18-31-33(2)20-22/h9-10,14-21H,5-8,11-13H2,1-4H3. The van der Waals surface area contributed by atoms with Crippen molar-refractivity contribution < 1.29 is 9.47 Å². The first-order chi connectivity index (χ1) is 18.0. The summed E-state index contributed by atoms with van der Waals surface area (Å²) in [4.78, 5) is 14.5. The zero-order valence-electron chi connectivity index (χ0n) is 22.2. The number of piperidine rings is 1. The van der Waals surface area contributed by atoms with E-state index < -0.39 is 0 Å². The third kappa shape index (κ3) is 5.69. The Morgan fingerprint density at radius 3 is 2.49 bits per heavy atom. The summed E-state index contributed by atoms with van der Waals surface area (Å²) in [5.74, 6) is 1.53. The van der Waals surface area contributed by atoms with E-state index in [0.29, 0.717) is 6.04 Å². The highest BCUT2D eigenvalue weighted by molar-refractivity contribution is 5.82. The molecule has 0 bridgehead atoms. The van der Waals surface area contributed by atoms with Gasteiger partial charge < -0.3 is 19.3 Å². The predicted octanol–water partition coefficient (Wildman–Crippen LogP) is 5.45. The number of benzene rings is 2. The zero-order valence-corrected chi connectivity index (χ0v) is 22.2. The lowest BCUT2D eigenvalue weighted by molar-refractivity contribution is 0.160. The van der Waals surface area contributed by atoms with Crippen LogP contribution in [0.4, 0.5) is 11.4 Å². The minimum Gasteiger partial charge on any atom is -0.497 e. The van der Waals surface area contributed by atoms with Crippen LogP contribution in [0.5, 0.6) is 11.5 Å². The fourth-order valence-corrected chi connectivity index (χ4v) is 5.14. The summed E-state index contributed by atoms with van der Waals surface area (Å²) in [7, 11) is 5.28. The number of anilines is 2. The quantitative estimate of drug-likeness (QED) is 0.303. The minimum absolute atomic E-state index is 0.654. The molecule has 8 heteroatoms. The fraction of sp³-hybridized carbons (Fsp3) is 0.414. The van der Waals surface area contributed by atoms with Gasteiger partial charge in [0.15, 0.2) is 0 Å². The van der Waals surface area contributed by atoms with Crippen molar-refractivity contribution in [1.29, 1.82) is 0 Å². The van der Waals surface area contributed by atoms with Gasteiger partial charge in [0.2, 0.25) is 0 Å². The van der Waals surface area contributed by atoms with Gasteiger partial charge in [0.25, 0.3) is 0 Å². The van der Waals surface area contributed by atoms with Crippen LogP contribution in [0, 0.1) is 0 Å². The van der Waals surface area contributed by atoms with Gasteiger partial charge >= 0.3 is 0 Å². The molecule has 1 aliphatic heterocycles. The monoisotopic (exact) mass is 500 g/mol. The van der Waals surface area contributed by atoms with Crippen LogP contribution in [0.1, 0.15) is 32.6 Å². The van der Waals surface area contributed by atoms with E-state index in [1.165, 1.54) is 25.8 Å². The molecule has 0 amide bonds. The lowest BCUT2D eigenvalue weighted by Crippen LogP contribution is -2.39. The second-order valence-electron chi connectivity index (χ2n) is 9.79. The maximum atomic E-state index is 5.59. The Balaban J connectivity index is 1.48. The van der Waals surface area contributed by atoms with Gasteiger partial charge in [0.05, 0.1) is 43.3 Å². The van der Waals surface area contributed by atoms with Gasteiger partial charge in [-0.15, -0.1) is 0 Å². The Morgan fingerprint density at radius 2 is 1.78 bits per heavy atom. The molecule has 1 saturated heterocycles. The number of hydrogen-bond acceptors (Lipinski definition) is 7. The Labute approximate surface area is 218 Å². The maximum absolute atomic E-state index is 5.59. The highest BCUT2D eigenvalue weighted by Gasteiger charge is 2.19. The SMILES string of the molecule is COc1cc(OC)cc(N(CCCN2CCCCC2C)c2ccc3ncc(-c4cnn(C)c4)nc3c2)c1. The smallest absolute Gasteiger partial charge is 0.124 e. The van der Waals surface area contributed by atoms with Gasteiger partial charge in [0.1, 0.15) is 11.5 Å². The molecule has 0 spiro atoms. The van der Waals surface area contributed by atoms with E-state index in [0.717, 1.165) is 64.7 Å². The van der Waals surface area contributed by atoms with Gasteiger partial charge in [-0.05, 0) is 50.9 Å². The fourth-order valence-electron chi connectivity index (χ4n) is 5.14. The molecule has 2 aromatic carbocycles. The molecule has 3 heterocycles. The molecule has 0 radical (unpaired) electrons. The van der Waals surface area contributed by atoms with E-state index in [-0.39, 0.29) is 0 Å². The van der Waals surface area contributed by atoms with Crippen molar-refractivity contribution >= 4 is 22.4 Å². The molecule has 5 rings (SSSR count). The highest BCUT2D eigenvalue weighted by Crippen LogP contribution is 2.34. The second kappa shape index (κ2) is 11.2. The van der Waals surface area contributed by atoms with Crippen molar-refractivity contribution in [3.63, 3.8) is 0 Å². The van der Waals surface area contributed by atoms with Gasteiger partial charge in [0, 0.05) is 67.5 Å².